The van der Waals surface area contributed by atoms with Gasteiger partial charge in [0, 0.05) is 12.0 Å². The molecule has 0 saturated carbocycles. The summed E-state index contributed by atoms with van der Waals surface area (Å²) in [5, 5.41) is 0.480. The predicted molar refractivity (Wildman–Crippen MR) is 97.2 cm³/mol. The minimum Gasteiger partial charge on any atom is -0.331 e. The van der Waals surface area contributed by atoms with Gasteiger partial charge in [0.2, 0.25) is 5.91 Å². The molecule has 2 aromatic carbocycles. The van der Waals surface area contributed by atoms with Crippen molar-refractivity contribution in [1.29, 1.82) is 0 Å². The molecule has 5 heteroatoms. The average Bonchev–Trinajstić information content (AvgIpc) is 2.63. The normalized spacial score (nSPS) is 15.4. The summed E-state index contributed by atoms with van der Waals surface area (Å²) >= 11 is 6.11. The molecule has 0 radical (unpaired) electrons. The summed E-state index contributed by atoms with van der Waals surface area (Å²) < 4.78 is 13.1. The molecule has 1 saturated heterocycles. The highest BCUT2D eigenvalue weighted by Gasteiger charge is 2.24. The number of amides is 1. The van der Waals surface area contributed by atoms with E-state index in [0.717, 1.165) is 44.7 Å². The van der Waals surface area contributed by atoms with E-state index in [1.54, 1.807) is 6.07 Å². The number of nitrogens with zero attached hydrogens (tertiary/aromatic N) is 1. The van der Waals surface area contributed by atoms with E-state index in [1.807, 2.05) is 23.1 Å². The van der Waals surface area contributed by atoms with E-state index >= 15 is 0 Å². The molecule has 0 bridgehead atoms. The van der Waals surface area contributed by atoms with Crippen LogP contribution in [0, 0.1) is 5.82 Å². The van der Waals surface area contributed by atoms with Crippen molar-refractivity contribution in [3.8, 4) is 0 Å². The number of piperazine rings is 1. The number of rotatable bonds is 5. The summed E-state index contributed by atoms with van der Waals surface area (Å²) in [6.45, 7) is 4.09. The van der Waals surface area contributed by atoms with Gasteiger partial charge in [-0.1, -0.05) is 41.9 Å². The van der Waals surface area contributed by atoms with E-state index in [9.17, 15) is 9.18 Å². The number of carbonyl (C=O) groups excluding carboxylic acids is 1. The second kappa shape index (κ2) is 8.45. The van der Waals surface area contributed by atoms with Crippen LogP contribution in [0.25, 0.3) is 0 Å². The molecule has 1 aliphatic heterocycles. The Morgan fingerprint density at radius 3 is 2.52 bits per heavy atom. The van der Waals surface area contributed by atoms with Crippen LogP contribution in [-0.2, 0) is 17.8 Å². The number of hydrogen-bond acceptors (Lipinski definition) is 1. The summed E-state index contributed by atoms with van der Waals surface area (Å²) in [5.41, 5.74) is 2.16. The van der Waals surface area contributed by atoms with Crippen LogP contribution >= 0.6 is 11.6 Å². The molecule has 2 aromatic rings. The molecule has 1 amide bonds. The molecular formula is C20H23ClFN2O+. The quantitative estimate of drug-likeness (QED) is 0.868. The summed E-state index contributed by atoms with van der Waals surface area (Å²) in [7, 11) is 0. The molecule has 25 heavy (non-hydrogen) atoms. The number of aryl methyl sites for hydroxylation is 1. The van der Waals surface area contributed by atoms with E-state index in [4.69, 9.17) is 11.6 Å². The van der Waals surface area contributed by atoms with Gasteiger partial charge in [0.25, 0.3) is 0 Å². The summed E-state index contributed by atoms with van der Waals surface area (Å²) in [4.78, 5) is 15.7. The van der Waals surface area contributed by atoms with Gasteiger partial charge in [0.1, 0.15) is 12.4 Å². The fraction of sp³-hybridized carbons (Fsp3) is 0.350. The second-order valence-corrected chi connectivity index (χ2v) is 6.94. The van der Waals surface area contributed by atoms with E-state index in [2.05, 4.69) is 12.1 Å². The largest absolute Gasteiger partial charge is 0.331 e. The van der Waals surface area contributed by atoms with Crippen molar-refractivity contribution in [3.63, 3.8) is 0 Å². The second-order valence-electron chi connectivity index (χ2n) is 6.53. The Labute approximate surface area is 153 Å². The lowest BCUT2D eigenvalue weighted by Gasteiger charge is -2.32. The molecule has 132 valence electrons. The highest BCUT2D eigenvalue weighted by molar-refractivity contribution is 6.31. The lowest BCUT2D eigenvalue weighted by Crippen LogP contribution is -3.13. The first kappa shape index (κ1) is 17.9. The predicted octanol–water partition coefficient (Wildman–Crippen LogP) is 2.34. The molecule has 0 aliphatic carbocycles. The first-order chi connectivity index (χ1) is 12.1. The lowest BCUT2D eigenvalue weighted by molar-refractivity contribution is -0.917. The molecule has 0 aromatic heterocycles. The van der Waals surface area contributed by atoms with Gasteiger partial charge in [0.15, 0.2) is 0 Å². The standard InChI is InChI=1S/C20H22ClFN2O/c21-19-14-18(22)8-7-17(19)15-23-10-12-24(13-11-23)20(25)9-6-16-4-2-1-3-5-16/h1-5,7-8,14H,6,9-13,15H2/p+1. The van der Waals surface area contributed by atoms with Gasteiger partial charge in [-0.2, -0.15) is 0 Å². The highest BCUT2D eigenvalue weighted by Crippen LogP contribution is 2.16. The van der Waals surface area contributed by atoms with E-state index in [-0.39, 0.29) is 11.7 Å². The van der Waals surface area contributed by atoms with Gasteiger partial charge in [0.05, 0.1) is 31.2 Å². The third-order valence-electron chi connectivity index (χ3n) is 4.75. The van der Waals surface area contributed by atoms with Crippen LogP contribution < -0.4 is 4.90 Å². The smallest absolute Gasteiger partial charge is 0.223 e. The van der Waals surface area contributed by atoms with Crippen molar-refractivity contribution in [3.05, 3.63) is 70.5 Å². The number of carbonyl (C=O) groups is 1. The molecule has 0 unspecified atom stereocenters. The van der Waals surface area contributed by atoms with Crippen LogP contribution in [0.4, 0.5) is 4.39 Å². The Morgan fingerprint density at radius 1 is 1.12 bits per heavy atom. The SMILES string of the molecule is O=C(CCc1ccccc1)N1CC[NH+](Cc2ccc(F)cc2Cl)CC1. The maximum absolute atomic E-state index is 13.1. The Kier molecular flexibility index (Phi) is 6.05. The molecule has 1 fully saturated rings. The van der Waals surface area contributed by atoms with E-state index in [0.29, 0.717) is 11.4 Å². The average molecular weight is 362 g/mol. The van der Waals surface area contributed by atoms with Crippen molar-refractivity contribution >= 4 is 17.5 Å². The van der Waals surface area contributed by atoms with Gasteiger partial charge >= 0.3 is 0 Å². The Bertz CT molecular complexity index is 715. The number of halogens is 2. The maximum Gasteiger partial charge on any atom is 0.223 e. The number of hydrogen-bond donors (Lipinski definition) is 1. The van der Waals surface area contributed by atoms with Gasteiger partial charge in [-0.15, -0.1) is 0 Å². The molecule has 1 heterocycles. The monoisotopic (exact) mass is 361 g/mol. The van der Waals surface area contributed by atoms with Crippen LogP contribution in [0.2, 0.25) is 5.02 Å². The zero-order valence-corrected chi connectivity index (χ0v) is 14.9. The van der Waals surface area contributed by atoms with Crippen molar-refractivity contribution < 1.29 is 14.1 Å². The third kappa shape index (κ3) is 5.03. The van der Waals surface area contributed by atoms with Crippen molar-refractivity contribution in [1.82, 2.24) is 4.90 Å². The van der Waals surface area contributed by atoms with Gasteiger partial charge in [-0.3, -0.25) is 4.79 Å². The van der Waals surface area contributed by atoms with Crippen LogP contribution in [-0.4, -0.2) is 37.0 Å². The first-order valence-electron chi connectivity index (χ1n) is 8.71. The van der Waals surface area contributed by atoms with E-state index in [1.165, 1.54) is 22.6 Å². The zero-order valence-electron chi connectivity index (χ0n) is 14.2. The fourth-order valence-electron chi connectivity index (χ4n) is 3.24. The van der Waals surface area contributed by atoms with Crippen molar-refractivity contribution in [2.24, 2.45) is 0 Å². The minimum atomic E-state index is -0.308. The van der Waals surface area contributed by atoms with Gasteiger partial charge in [-0.05, 0) is 30.2 Å². The molecular weight excluding hydrogens is 339 g/mol. The Balaban J connectivity index is 1.45. The van der Waals surface area contributed by atoms with Gasteiger partial charge in [-0.25, -0.2) is 4.39 Å². The molecule has 3 rings (SSSR count). The van der Waals surface area contributed by atoms with Crippen molar-refractivity contribution in [2.45, 2.75) is 19.4 Å². The van der Waals surface area contributed by atoms with Crippen LogP contribution in [0.15, 0.2) is 48.5 Å². The Morgan fingerprint density at radius 2 is 1.84 bits per heavy atom. The lowest BCUT2D eigenvalue weighted by atomic mass is 10.1. The molecule has 0 atom stereocenters. The number of benzene rings is 2. The fourth-order valence-corrected chi connectivity index (χ4v) is 3.47. The number of nitrogens with one attached hydrogen (secondary N) is 1. The third-order valence-corrected chi connectivity index (χ3v) is 5.10. The molecule has 3 nitrogen and oxygen atoms in total. The highest BCUT2D eigenvalue weighted by atomic mass is 35.5. The van der Waals surface area contributed by atoms with E-state index < -0.39 is 0 Å². The zero-order chi connectivity index (χ0) is 17.6. The van der Waals surface area contributed by atoms with Crippen LogP contribution in [0.5, 0.6) is 0 Å². The number of quaternary nitrogens is 1. The summed E-state index contributed by atoms with van der Waals surface area (Å²) in [5.74, 6) is -0.0831. The van der Waals surface area contributed by atoms with Crippen LogP contribution in [0.3, 0.4) is 0 Å². The summed E-state index contributed by atoms with van der Waals surface area (Å²) in [6, 6.07) is 14.7. The van der Waals surface area contributed by atoms with Crippen LogP contribution in [0.1, 0.15) is 17.5 Å². The van der Waals surface area contributed by atoms with Gasteiger partial charge < -0.3 is 9.80 Å². The topological polar surface area (TPSA) is 24.8 Å². The molecule has 1 aliphatic rings. The summed E-state index contributed by atoms with van der Waals surface area (Å²) in [6.07, 6.45) is 1.35. The maximum atomic E-state index is 13.1. The minimum absolute atomic E-state index is 0.225. The first-order valence-corrected chi connectivity index (χ1v) is 9.09. The van der Waals surface area contributed by atoms with Crippen molar-refractivity contribution in [2.75, 3.05) is 26.2 Å². The Hall–Kier alpha value is -1.91. The molecule has 1 N–H and O–H groups in total. The molecule has 0 spiro atoms.